The summed E-state index contributed by atoms with van der Waals surface area (Å²) in [6.07, 6.45) is 4.06. The molecule has 3 aliphatic rings. The summed E-state index contributed by atoms with van der Waals surface area (Å²) < 4.78 is 28.3. The fraction of sp³-hybridized carbons (Fsp3) is 0.348. The quantitative estimate of drug-likeness (QED) is 0.699. The SMILES string of the molecule is COc1ccc(/C=C2\Oc3c(ccc4c3CN(C3CC3)CO4)C2=O)c(OC)c1OC. The van der Waals surface area contributed by atoms with Crippen molar-refractivity contribution in [3.05, 3.63) is 46.7 Å². The normalized spacial score (nSPS) is 19.0. The summed E-state index contributed by atoms with van der Waals surface area (Å²) >= 11 is 0. The van der Waals surface area contributed by atoms with Crippen LogP contribution in [-0.4, -0.2) is 44.8 Å². The Balaban J connectivity index is 1.52. The van der Waals surface area contributed by atoms with Crippen LogP contribution >= 0.6 is 0 Å². The average Bonchev–Trinajstić information content (AvgIpc) is 3.58. The van der Waals surface area contributed by atoms with E-state index in [1.807, 2.05) is 6.07 Å². The highest BCUT2D eigenvalue weighted by Crippen LogP contribution is 2.45. The van der Waals surface area contributed by atoms with Crippen molar-refractivity contribution in [2.45, 2.75) is 25.4 Å². The molecule has 0 spiro atoms. The van der Waals surface area contributed by atoms with Gasteiger partial charge in [-0.15, -0.1) is 0 Å². The van der Waals surface area contributed by atoms with Crippen molar-refractivity contribution in [3.63, 3.8) is 0 Å². The molecule has 0 N–H and O–H groups in total. The maximum atomic E-state index is 13.0. The van der Waals surface area contributed by atoms with Crippen LogP contribution < -0.4 is 23.7 Å². The average molecular weight is 409 g/mol. The van der Waals surface area contributed by atoms with Crippen LogP contribution in [0.15, 0.2) is 30.0 Å². The molecule has 0 saturated heterocycles. The zero-order valence-corrected chi connectivity index (χ0v) is 17.2. The molecular formula is C23H23NO6. The number of nitrogens with zero attached hydrogens (tertiary/aromatic N) is 1. The number of hydrogen-bond donors (Lipinski definition) is 0. The smallest absolute Gasteiger partial charge is 0.231 e. The van der Waals surface area contributed by atoms with Crippen LogP contribution in [0.3, 0.4) is 0 Å². The summed E-state index contributed by atoms with van der Waals surface area (Å²) in [6.45, 7) is 1.30. The van der Waals surface area contributed by atoms with Gasteiger partial charge in [-0.05, 0) is 43.2 Å². The summed E-state index contributed by atoms with van der Waals surface area (Å²) in [5.41, 5.74) is 2.15. The maximum Gasteiger partial charge on any atom is 0.231 e. The number of ether oxygens (including phenoxy) is 5. The molecule has 0 bridgehead atoms. The van der Waals surface area contributed by atoms with E-state index in [-0.39, 0.29) is 11.5 Å². The van der Waals surface area contributed by atoms with Gasteiger partial charge < -0.3 is 23.7 Å². The van der Waals surface area contributed by atoms with E-state index >= 15 is 0 Å². The van der Waals surface area contributed by atoms with Crippen LogP contribution in [0.5, 0.6) is 28.7 Å². The molecule has 7 heteroatoms. The molecule has 2 aromatic rings. The van der Waals surface area contributed by atoms with Crippen molar-refractivity contribution in [2.24, 2.45) is 0 Å². The standard InChI is InChI=1S/C23H23NO6/c1-26-18-8-4-13(21(27-2)23(18)28-3)10-19-20(25)15-7-9-17-16(22(15)30-19)11-24(12-29-17)14-5-6-14/h4,7-10,14H,5-6,11-12H2,1-3H3/b19-10-. The summed E-state index contributed by atoms with van der Waals surface area (Å²) in [7, 11) is 4.65. The Labute approximate surface area is 174 Å². The number of benzene rings is 2. The van der Waals surface area contributed by atoms with Crippen LogP contribution in [-0.2, 0) is 6.54 Å². The van der Waals surface area contributed by atoms with E-state index in [9.17, 15) is 4.79 Å². The van der Waals surface area contributed by atoms with E-state index < -0.39 is 0 Å². The zero-order valence-electron chi connectivity index (χ0n) is 17.2. The van der Waals surface area contributed by atoms with Crippen LogP contribution in [0.2, 0.25) is 0 Å². The van der Waals surface area contributed by atoms with Gasteiger partial charge in [0.05, 0.1) is 32.5 Å². The Hall–Kier alpha value is -3.19. The number of fused-ring (bicyclic) bond motifs is 3. The van der Waals surface area contributed by atoms with Gasteiger partial charge in [-0.2, -0.15) is 0 Å². The largest absolute Gasteiger partial charge is 0.493 e. The Morgan fingerprint density at radius 3 is 2.53 bits per heavy atom. The summed E-state index contributed by atoms with van der Waals surface area (Å²) in [4.78, 5) is 15.3. The molecule has 0 radical (unpaired) electrons. The molecule has 0 unspecified atom stereocenters. The fourth-order valence-corrected chi connectivity index (χ4v) is 4.03. The van der Waals surface area contributed by atoms with Gasteiger partial charge in [0.2, 0.25) is 11.5 Å². The van der Waals surface area contributed by atoms with Crippen molar-refractivity contribution in [3.8, 4) is 28.7 Å². The second-order valence-electron chi connectivity index (χ2n) is 7.53. The molecule has 2 aliphatic heterocycles. The lowest BCUT2D eigenvalue weighted by Crippen LogP contribution is -2.33. The van der Waals surface area contributed by atoms with E-state index in [4.69, 9.17) is 23.7 Å². The third-order valence-corrected chi connectivity index (χ3v) is 5.73. The van der Waals surface area contributed by atoms with Gasteiger partial charge in [0, 0.05) is 18.2 Å². The minimum absolute atomic E-state index is 0.159. The molecule has 5 rings (SSSR count). The van der Waals surface area contributed by atoms with Crippen LogP contribution in [0, 0.1) is 0 Å². The van der Waals surface area contributed by atoms with E-state index in [1.54, 1.807) is 45.6 Å². The van der Waals surface area contributed by atoms with Crippen LogP contribution in [0.25, 0.3) is 6.08 Å². The first kappa shape index (κ1) is 18.8. The third-order valence-electron chi connectivity index (χ3n) is 5.73. The van der Waals surface area contributed by atoms with Crippen molar-refractivity contribution in [2.75, 3.05) is 28.1 Å². The van der Waals surface area contributed by atoms with Gasteiger partial charge in [0.25, 0.3) is 0 Å². The molecule has 7 nitrogen and oxygen atoms in total. The Kier molecular flexibility index (Phi) is 4.55. The maximum absolute atomic E-state index is 13.0. The predicted octanol–water partition coefficient (Wildman–Crippen LogP) is 3.64. The van der Waals surface area contributed by atoms with Gasteiger partial charge in [0.15, 0.2) is 17.3 Å². The topological polar surface area (TPSA) is 66.5 Å². The van der Waals surface area contributed by atoms with E-state index in [1.165, 1.54) is 12.8 Å². The second kappa shape index (κ2) is 7.25. The van der Waals surface area contributed by atoms with Crippen LogP contribution in [0.4, 0.5) is 0 Å². The number of carbonyl (C=O) groups is 1. The van der Waals surface area contributed by atoms with Gasteiger partial charge in [-0.1, -0.05) is 0 Å². The first-order valence-corrected chi connectivity index (χ1v) is 9.90. The molecule has 2 aromatic carbocycles. The van der Waals surface area contributed by atoms with Crippen molar-refractivity contribution in [1.82, 2.24) is 4.90 Å². The molecule has 30 heavy (non-hydrogen) atoms. The third kappa shape index (κ3) is 2.97. The highest BCUT2D eigenvalue weighted by Gasteiger charge is 2.37. The number of allylic oxidation sites excluding steroid dienone is 1. The van der Waals surface area contributed by atoms with Crippen molar-refractivity contribution >= 4 is 11.9 Å². The van der Waals surface area contributed by atoms with E-state index in [0.29, 0.717) is 46.9 Å². The molecule has 0 amide bonds. The highest BCUT2D eigenvalue weighted by molar-refractivity contribution is 6.15. The number of methoxy groups -OCH3 is 3. The van der Waals surface area contributed by atoms with Crippen molar-refractivity contribution < 1.29 is 28.5 Å². The molecule has 1 fully saturated rings. The molecular weight excluding hydrogens is 386 g/mol. The lowest BCUT2D eigenvalue weighted by molar-refractivity contribution is 0.0868. The lowest BCUT2D eigenvalue weighted by atomic mass is 10.0. The Morgan fingerprint density at radius 2 is 1.83 bits per heavy atom. The molecule has 1 saturated carbocycles. The monoisotopic (exact) mass is 409 g/mol. The fourth-order valence-electron chi connectivity index (χ4n) is 4.03. The summed E-state index contributed by atoms with van der Waals surface area (Å²) in [5.74, 6) is 2.94. The first-order chi connectivity index (χ1) is 14.6. The predicted molar refractivity (Wildman–Crippen MR) is 110 cm³/mol. The minimum atomic E-state index is -0.159. The minimum Gasteiger partial charge on any atom is -0.493 e. The molecule has 0 atom stereocenters. The molecule has 1 aliphatic carbocycles. The van der Waals surface area contributed by atoms with E-state index in [2.05, 4.69) is 4.90 Å². The first-order valence-electron chi connectivity index (χ1n) is 9.90. The number of rotatable bonds is 5. The lowest BCUT2D eigenvalue weighted by Gasteiger charge is -2.29. The Bertz CT molecular complexity index is 1060. The van der Waals surface area contributed by atoms with E-state index in [0.717, 1.165) is 17.9 Å². The summed E-state index contributed by atoms with van der Waals surface area (Å²) in [6, 6.07) is 7.77. The molecule has 156 valence electrons. The number of ketones is 1. The molecule has 0 aromatic heterocycles. The number of carbonyl (C=O) groups excluding carboxylic acids is 1. The van der Waals surface area contributed by atoms with Gasteiger partial charge in [0.1, 0.15) is 18.2 Å². The Morgan fingerprint density at radius 1 is 1.03 bits per heavy atom. The number of hydrogen-bond acceptors (Lipinski definition) is 7. The highest BCUT2D eigenvalue weighted by atomic mass is 16.5. The molecule has 2 heterocycles. The van der Waals surface area contributed by atoms with Gasteiger partial charge >= 0.3 is 0 Å². The van der Waals surface area contributed by atoms with Gasteiger partial charge in [-0.3, -0.25) is 9.69 Å². The summed E-state index contributed by atoms with van der Waals surface area (Å²) in [5, 5.41) is 0. The zero-order chi connectivity index (χ0) is 20.8. The van der Waals surface area contributed by atoms with Gasteiger partial charge in [-0.25, -0.2) is 0 Å². The van der Waals surface area contributed by atoms with Crippen LogP contribution in [0.1, 0.15) is 34.3 Å². The number of Topliss-reactive ketones (excluding diaryl/α,β-unsaturated/α-hetero) is 1. The van der Waals surface area contributed by atoms with Crippen molar-refractivity contribution in [1.29, 1.82) is 0 Å². The second-order valence-corrected chi connectivity index (χ2v) is 7.53.